The number of anilines is 2. The Labute approximate surface area is 127 Å². The Kier molecular flexibility index (Phi) is 4.64. The maximum absolute atomic E-state index is 12.2. The van der Waals surface area contributed by atoms with Crippen LogP contribution in [0.15, 0.2) is 35.7 Å². The highest BCUT2D eigenvalue weighted by Gasteiger charge is 2.21. The van der Waals surface area contributed by atoms with Crippen LogP contribution in [0.4, 0.5) is 24.3 Å². The summed E-state index contributed by atoms with van der Waals surface area (Å²) in [4.78, 5) is 12.3. The Hall–Kier alpha value is -1.86. The molecule has 4 nitrogen and oxygen atoms in total. The molecule has 1 amide bonds. The third kappa shape index (κ3) is 3.43. The average molecular weight is 334 g/mol. The van der Waals surface area contributed by atoms with E-state index in [1.54, 1.807) is 12.1 Å². The number of ether oxygens (including phenoxy) is 1. The smallest absolute Gasteiger partial charge is 0.387 e. The molecule has 0 fully saturated rings. The first-order valence-electron chi connectivity index (χ1n) is 5.69. The lowest BCUT2D eigenvalue weighted by molar-refractivity contribution is -0.245. The number of benzene rings is 1. The number of alkyl halides is 2. The number of carbonyl (C=O) groups is 1. The van der Waals surface area contributed by atoms with Crippen LogP contribution in [-0.2, 0) is 6.26 Å². The van der Waals surface area contributed by atoms with E-state index in [1.807, 2.05) is 11.6 Å². The van der Waals surface area contributed by atoms with Gasteiger partial charge in [0, 0.05) is 6.07 Å². The summed E-state index contributed by atoms with van der Waals surface area (Å²) in [7, 11) is -0.392. The monoisotopic (exact) mass is 333 g/mol. The van der Waals surface area contributed by atoms with E-state index in [2.05, 4.69) is 4.74 Å². The van der Waals surface area contributed by atoms with Crippen molar-refractivity contribution in [3.8, 4) is 5.75 Å². The Morgan fingerprint density at radius 2 is 2.14 bits per heavy atom. The summed E-state index contributed by atoms with van der Waals surface area (Å²) in [5, 5.41) is 13.6. The minimum atomic E-state index is -3.01. The molecule has 0 spiro atoms. The maximum Gasteiger partial charge on any atom is 0.387 e. The largest absolute Gasteiger partial charge is 0.529 e. The third-order valence-electron chi connectivity index (χ3n) is 2.64. The van der Waals surface area contributed by atoms with Crippen molar-refractivity contribution in [2.45, 2.75) is 6.61 Å². The van der Waals surface area contributed by atoms with E-state index in [9.17, 15) is 18.7 Å². The van der Waals surface area contributed by atoms with Gasteiger partial charge in [0.25, 0.3) is 5.00 Å². The minimum absolute atomic E-state index is 0.110. The molecular weight excluding hydrogens is 324 g/mol. The SMILES string of the molecule is C[s+]1cccc1N(C(=O)[O-])c1ccc(OC(F)F)c(Cl)c1. The molecule has 1 aromatic heterocycles. The fourth-order valence-corrected chi connectivity index (χ4v) is 3.21. The van der Waals surface area contributed by atoms with Crippen molar-refractivity contribution in [1.82, 2.24) is 0 Å². The second kappa shape index (κ2) is 6.28. The van der Waals surface area contributed by atoms with Gasteiger partial charge in [-0.1, -0.05) is 11.6 Å². The van der Waals surface area contributed by atoms with Gasteiger partial charge in [-0.15, -0.1) is 0 Å². The molecule has 0 aliphatic carbocycles. The van der Waals surface area contributed by atoms with Crippen molar-refractivity contribution in [2.24, 2.45) is 6.26 Å². The van der Waals surface area contributed by atoms with Gasteiger partial charge in [-0.05, 0) is 34.7 Å². The number of nitrogens with zero attached hydrogens (tertiary/aromatic N) is 1. The van der Waals surface area contributed by atoms with E-state index >= 15 is 0 Å². The maximum atomic E-state index is 12.2. The zero-order chi connectivity index (χ0) is 15.6. The highest BCUT2D eigenvalue weighted by atomic mass is 35.5. The molecule has 2 aromatic rings. The van der Waals surface area contributed by atoms with Crippen molar-refractivity contribution in [3.63, 3.8) is 0 Å². The van der Waals surface area contributed by atoms with E-state index in [4.69, 9.17) is 11.6 Å². The Balaban J connectivity index is 2.41. The van der Waals surface area contributed by atoms with Crippen LogP contribution in [-0.4, -0.2) is 12.7 Å². The molecular formula is C13H10ClF2NO3S. The molecule has 2 rings (SSSR count). The molecule has 0 aliphatic heterocycles. The molecule has 112 valence electrons. The second-order valence-electron chi connectivity index (χ2n) is 3.99. The molecule has 1 unspecified atom stereocenters. The van der Waals surface area contributed by atoms with Gasteiger partial charge in [-0.25, -0.2) is 0 Å². The van der Waals surface area contributed by atoms with Crippen molar-refractivity contribution in [2.75, 3.05) is 4.90 Å². The summed E-state index contributed by atoms with van der Waals surface area (Å²) in [6.45, 7) is -3.01. The first kappa shape index (κ1) is 15.5. The van der Waals surface area contributed by atoms with Crippen LogP contribution in [0.25, 0.3) is 0 Å². The van der Waals surface area contributed by atoms with Gasteiger partial charge < -0.3 is 14.6 Å². The van der Waals surface area contributed by atoms with Gasteiger partial charge in [-0.3, -0.25) is 4.90 Å². The number of thiophene rings is 1. The number of halogens is 3. The lowest BCUT2D eigenvalue weighted by atomic mass is 10.3. The van der Waals surface area contributed by atoms with Gasteiger partial charge in [-0.2, -0.15) is 8.78 Å². The number of carboxylic acid groups (broad SMARTS) is 1. The Bertz CT molecular complexity index is 663. The zero-order valence-electron chi connectivity index (χ0n) is 10.8. The van der Waals surface area contributed by atoms with Crippen LogP contribution < -0.4 is 14.7 Å². The summed E-state index contributed by atoms with van der Waals surface area (Å²) in [5.41, 5.74) is 0.205. The topological polar surface area (TPSA) is 52.6 Å². The fraction of sp³-hybridized carbons (Fsp3) is 0.154. The summed E-state index contributed by atoms with van der Waals surface area (Å²) in [5.74, 6) is -0.220. The molecule has 0 N–H and O–H groups in total. The summed E-state index contributed by atoms with van der Waals surface area (Å²) < 4.78 is 28.6. The second-order valence-corrected chi connectivity index (χ2v) is 6.20. The van der Waals surface area contributed by atoms with E-state index in [1.165, 1.54) is 18.2 Å². The van der Waals surface area contributed by atoms with Gasteiger partial charge in [0.2, 0.25) is 0 Å². The van der Waals surface area contributed by atoms with Crippen LogP contribution in [0.5, 0.6) is 5.75 Å². The molecule has 21 heavy (non-hydrogen) atoms. The van der Waals surface area contributed by atoms with Gasteiger partial charge in [0.15, 0.2) is 0 Å². The van der Waals surface area contributed by atoms with Crippen LogP contribution in [0.2, 0.25) is 5.02 Å². The number of aryl methyl sites for hydroxylation is 1. The molecule has 1 atom stereocenters. The number of rotatable bonds is 4. The normalized spacial score (nSPS) is 11.6. The average Bonchev–Trinajstić information content (AvgIpc) is 2.78. The number of carbonyl (C=O) groups excluding carboxylic acids is 1. The summed E-state index contributed by atoms with van der Waals surface area (Å²) in [6.07, 6.45) is 0.420. The van der Waals surface area contributed by atoms with Crippen LogP contribution in [0.3, 0.4) is 0 Å². The molecule has 0 bridgehead atoms. The van der Waals surface area contributed by atoms with Crippen molar-refractivity contribution >= 4 is 38.9 Å². The minimum Gasteiger partial charge on any atom is -0.529 e. The highest BCUT2D eigenvalue weighted by molar-refractivity contribution is 7.31. The fourth-order valence-electron chi connectivity index (χ4n) is 1.78. The number of hydrogen-bond donors (Lipinski definition) is 0. The predicted octanol–water partition coefficient (Wildman–Crippen LogP) is 3.71. The molecule has 8 heteroatoms. The lowest BCUT2D eigenvalue weighted by Crippen LogP contribution is -2.37. The van der Waals surface area contributed by atoms with E-state index in [0.717, 1.165) is 4.90 Å². The highest BCUT2D eigenvalue weighted by Crippen LogP contribution is 2.38. The van der Waals surface area contributed by atoms with Gasteiger partial charge in [0.05, 0.1) is 10.7 Å². The first-order chi connectivity index (χ1) is 9.90. The van der Waals surface area contributed by atoms with Crippen LogP contribution >= 0.6 is 22.1 Å². The molecule has 0 saturated carbocycles. The zero-order valence-corrected chi connectivity index (χ0v) is 12.3. The van der Waals surface area contributed by atoms with Crippen molar-refractivity contribution in [3.05, 3.63) is 40.7 Å². The molecule has 1 heterocycles. The predicted molar refractivity (Wildman–Crippen MR) is 75.5 cm³/mol. The lowest BCUT2D eigenvalue weighted by Gasteiger charge is -2.21. The Morgan fingerprint density at radius 1 is 1.43 bits per heavy atom. The number of amides is 1. The molecule has 1 aromatic carbocycles. The summed E-state index contributed by atoms with van der Waals surface area (Å²) in [6, 6.07) is 7.15. The van der Waals surface area contributed by atoms with E-state index in [-0.39, 0.29) is 16.5 Å². The first-order valence-corrected chi connectivity index (χ1v) is 7.76. The van der Waals surface area contributed by atoms with Crippen molar-refractivity contribution < 1.29 is 23.4 Å². The van der Waals surface area contributed by atoms with Crippen LogP contribution in [0.1, 0.15) is 0 Å². The third-order valence-corrected chi connectivity index (χ3v) is 4.48. The molecule has 0 saturated heterocycles. The van der Waals surface area contributed by atoms with Gasteiger partial charge >= 0.3 is 6.61 Å². The molecule has 0 aliphatic rings. The summed E-state index contributed by atoms with van der Waals surface area (Å²) >= 11 is 5.83. The molecule has 0 radical (unpaired) electrons. The van der Waals surface area contributed by atoms with E-state index < -0.39 is 23.2 Å². The number of hydrogen-bond acceptors (Lipinski definition) is 3. The van der Waals surface area contributed by atoms with Crippen molar-refractivity contribution in [1.29, 1.82) is 0 Å². The van der Waals surface area contributed by atoms with Gasteiger partial charge in [0.1, 0.15) is 23.5 Å². The Morgan fingerprint density at radius 3 is 2.62 bits per heavy atom. The van der Waals surface area contributed by atoms with E-state index in [0.29, 0.717) is 5.00 Å². The standard InChI is InChI=1S/C13H10ClF2NO3S/c1-21-6-2-3-11(21)17(13(18)19)8-4-5-10(9(14)7-8)20-12(15)16/h2-7,12H,1H3. The van der Waals surface area contributed by atoms with Crippen LogP contribution in [0, 0.1) is 0 Å². The quantitative estimate of drug-likeness (QED) is 0.801.